The van der Waals surface area contributed by atoms with E-state index in [1.165, 1.54) is 24.3 Å². The molecule has 2 nitrogen and oxygen atoms in total. The Morgan fingerprint density at radius 3 is 1.97 bits per heavy atom. The van der Waals surface area contributed by atoms with E-state index in [4.69, 9.17) is 9.47 Å². The van der Waals surface area contributed by atoms with Crippen molar-refractivity contribution in [2.75, 3.05) is 6.61 Å². The maximum absolute atomic E-state index is 15.3. The molecule has 0 radical (unpaired) electrons. The maximum Gasteiger partial charge on any atom is 0.429 e. The van der Waals surface area contributed by atoms with E-state index < -0.39 is 46.8 Å². The van der Waals surface area contributed by atoms with E-state index in [0.717, 1.165) is 30.5 Å². The molecule has 0 saturated heterocycles. The first-order valence-corrected chi connectivity index (χ1v) is 10.9. The van der Waals surface area contributed by atoms with Gasteiger partial charge >= 0.3 is 6.11 Å². The van der Waals surface area contributed by atoms with E-state index in [1.54, 1.807) is 19.1 Å². The van der Waals surface area contributed by atoms with E-state index in [-0.39, 0.29) is 29.2 Å². The van der Waals surface area contributed by atoms with Crippen molar-refractivity contribution in [3.05, 3.63) is 82.4 Å². The van der Waals surface area contributed by atoms with Crippen molar-refractivity contribution in [2.24, 2.45) is 0 Å². The summed E-state index contributed by atoms with van der Waals surface area (Å²) in [5.74, 6) is -3.23. The molecular formula is C26H22F6O2. The quantitative estimate of drug-likeness (QED) is 0.318. The van der Waals surface area contributed by atoms with Crippen molar-refractivity contribution >= 4 is 0 Å². The third kappa shape index (κ3) is 4.10. The van der Waals surface area contributed by atoms with Gasteiger partial charge in [0.1, 0.15) is 17.1 Å². The summed E-state index contributed by atoms with van der Waals surface area (Å²) < 4.78 is 99.6. The molecule has 2 unspecified atom stereocenters. The average Bonchev–Trinajstić information content (AvgIpc) is 2.80. The van der Waals surface area contributed by atoms with E-state index in [1.807, 2.05) is 6.92 Å². The van der Waals surface area contributed by atoms with Gasteiger partial charge in [-0.2, -0.15) is 8.78 Å². The average molecular weight is 480 g/mol. The molecule has 1 aliphatic carbocycles. The van der Waals surface area contributed by atoms with E-state index >= 15 is 8.78 Å². The third-order valence-electron chi connectivity index (χ3n) is 5.74. The summed E-state index contributed by atoms with van der Waals surface area (Å²) in [6, 6.07) is 10.1. The Balaban J connectivity index is 1.74. The van der Waals surface area contributed by atoms with Crippen LogP contribution in [0.15, 0.2) is 48.5 Å². The highest BCUT2D eigenvalue weighted by molar-refractivity contribution is 5.76. The fourth-order valence-corrected chi connectivity index (χ4v) is 4.18. The van der Waals surface area contributed by atoms with Crippen LogP contribution in [0, 0.1) is 11.6 Å². The van der Waals surface area contributed by atoms with Gasteiger partial charge in [0, 0.05) is 11.1 Å². The van der Waals surface area contributed by atoms with Crippen LogP contribution in [0.25, 0.3) is 11.1 Å². The second-order valence-electron chi connectivity index (χ2n) is 7.98. The first-order chi connectivity index (χ1) is 16.2. The Kier molecular flexibility index (Phi) is 6.51. The third-order valence-corrected chi connectivity index (χ3v) is 5.74. The lowest BCUT2D eigenvalue weighted by molar-refractivity contribution is -0.187. The zero-order chi connectivity index (χ0) is 24.6. The Morgan fingerprint density at radius 1 is 0.794 bits per heavy atom. The molecule has 2 atom stereocenters. The largest absolute Gasteiger partial charge is 0.491 e. The van der Waals surface area contributed by atoms with E-state index in [9.17, 15) is 17.6 Å². The first kappa shape index (κ1) is 24.0. The predicted octanol–water partition coefficient (Wildman–Crippen LogP) is 8.15. The summed E-state index contributed by atoms with van der Waals surface area (Å²) in [6.07, 6.45) is -7.84. The normalized spacial score (nSPS) is 17.2. The van der Waals surface area contributed by atoms with Crippen LogP contribution < -0.4 is 9.47 Å². The second-order valence-corrected chi connectivity index (χ2v) is 7.98. The number of aryl methyl sites for hydroxylation is 1. The molecule has 0 amide bonds. The van der Waals surface area contributed by atoms with Crippen LogP contribution in [0.4, 0.5) is 26.3 Å². The molecule has 0 heterocycles. The first-order valence-electron chi connectivity index (χ1n) is 10.9. The predicted molar refractivity (Wildman–Crippen MR) is 116 cm³/mol. The van der Waals surface area contributed by atoms with Gasteiger partial charge in [-0.1, -0.05) is 37.6 Å². The van der Waals surface area contributed by atoms with Gasteiger partial charge in [0.25, 0.3) is 0 Å². The van der Waals surface area contributed by atoms with Crippen LogP contribution in [0.2, 0.25) is 0 Å². The lowest BCUT2D eigenvalue weighted by atomic mass is 9.81. The summed E-state index contributed by atoms with van der Waals surface area (Å²) in [5.41, 5.74) is -2.19. The van der Waals surface area contributed by atoms with Crippen molar-refractivity contribution in [1.29, 1.82) is 0 Å². The summed E-state index contributed by atoms with van der Waals surface area (Å²) in [4.78, 5) is 0. The van der Waals surface area contributed by atoms with Gasteiger partial charge < -0.3 is 9.47 Å². The van der Waals surface area contributed by atoms with Crippen LogP contribution in [0.1, 0.15) is 54.9 Å². The van der Waals surface area contributed by atoms with Gasteiger partial charge in [-0.3, -0.25) is 0 Å². The van der Waals surface area contributed by atoms with Gasteiger partial charge in [-0.15, -0.1) is 0 Å². The van der Waals surface area contributed by atoms with Crippen molar-refractivity contribution in [2.45, 2.75) is 45.1 Å². The van der Waals surface area contributed by atoms with Gasteiger partial charge in [0.2, 0.25) is 0 Å². The van der Waals surface area contributed by atoms with Gasteiger partial charge in [-0.25, -0.2) is 17.6 Å². The van der Waals surface area contributed by atoms with Crippen molar-refractivity contribution in [3.63, 3.8) is 0 Å². The van der Waals surface area contributed by atoms with E-state index in [0.29, 0.717) is 0 Å². The molecule has 180 valence electrons. The molecule has 34 heavy (non-hydrogen) atoms. The fraction of sp³-hybridized carbons (Fsp3) is 0.308. The minimum Gasteiger partial charge on any atom is -0.491 e. The van der Waals surface area contributed by atoms with Crippen LogP contribution >= 0.6 is 0 Å². The van der Waals surface area contributed by atoms with Crippen molar-refractivity contribution < 1.29 is 35.8 Å². The molecule has 4 rings (SSSR count). The molecule has 0 N–H and O–H groups in total. The molecular weight excluding hydrogens is 458 g/mol. The van der Waals surface area contributed by atoms with Crippen molar-refractivity contribution in [3.8, 4) is 22.6 Å². The molecule has 3 aromatic rings. The number of ether oxygens (including phenoxy) is 2. The highest BCUT2D eigenvalue weighted by Crippen LogP contribution is 2.52. The monoisotopic (exact) mass is 480 g/mol. The van der Waals surface area contributed by atoms with Gasteiger partial charge in [0.05, 0.1) is 6.61 Å². The highest BCUT2D eigenvalue weighted by atomic mass is 19.3. The zero-order valence-corrected chi connectivity index (χ0v) is 18.5. The maximum atomic E-state index is 15.3. The number of fused-ring (bicyclic) bond motifs is 3. The number of rotatable bonds is 7. The molecule has 0 aliphatic heterocycles. The minimum absolute atomic E-state index is 0.0939. The lowest BCUT2D eigenvalue weighted by Gasteiger charge is -2.29. The van der Waals surface area contributed by atoms with Crippen LogP contribution in [-0.4, -0.2) is 6.61 Å². The number of benzene rings is 3. The highest BCUT2D eigenvalue weighted by Gasteiger charge is 2.44. The van der Waals surface area contributed by atoms with Gasteiger partial charge in [-0.05, 0) is 54.3 Å². The molecule has 0 aromatic heterocycles. The second kappa shape index (κ2) is 9.24. The number of halogens is 6. The van der Waals surface area contributed by atoms with Crippen LogP contribution in [0.5, 0.6) is 11.5 Å². The SMILES string of the molecule is CCCc1ccc(OC(F)(F)c2ccc3c(c2F)C(F)C(F)c2c-3ccc(OCC)c2F)cc1. The summed E-state index contributed by atoms with van der Waals surface area (Å²) in [5, 5.41) is 0. The summed E-state index contributed by atoms with van der Waals surface area (Å²) in [7, 11) is 0. The minimum atomic E-state index is -4.17. The van der Waals surface area contributed by atoms with Crippen molar-refractivity contribution in [1.82, 2.24) is 0 Å². The molecule has 1 aliphatic rings. The van der Waals surface area contributed by atoms with Gasteiger partial charge in [0.15, 0.2) is 23.9 Å². The van der Waals surface area contributed by atoms with Crippen LogP contribution in [-0.2, 0) is 12.5 Å². The lowest BCUT2D eigenvalue weighted by Crippen LogP contribution is -2.25. The topological polar surface area (TPSA) is 18.5 Å². The fourth-order valence-electron chi connectivity index (χ4n) is 4.18. The Labute approximate surface area is 193 Å². The number of hydrogen-bond donors (Lipinski definition) is 0. The van der Waals surface area contributed by atoms with Crippen LogP contribution in [0.3, 0.4) is 0 Å². The standard InChI is InChI=1S/C26H22F6O2/c1-3-5-14-6-8-15(9-7-14)34-26(31,32)18-12-10-16-17-11-13-19(33-4-2)23(28)21(17)25(30)24(29)20(16)22(18)27/h6-13,24-25H,3-5H2,1-2H3. The molecule has 8 heteroatoms. The Morgan fingerprint density at radius 2 is 1.38 bits per heavy atom. The number of alkyl halides is 4. The molecule has 3 aromatic carbocycles. The zero-order valence-electron chi connectivity index (χ0n) is 18.5. The Bertz CT molecular complexity index is 1190. The molecule has 0 fully saturated rings. The summed E-state index contributed by atoms with van der Waals surface area (Å²) in [6.45, 7) is 3.66. The van der Waals surface area contributed by atoms with E-state index in [2.05, 4.69) is 0 Å². The summed E-state index contributed by atoms with van der Waals surface area (Å²) >= 11 is 0. The molecule has 0 saturated carbocycles. The smallest absolute Gasteiger partial charge is 0.429 e. The Hall–Kier alpha value is -3.16. The molecule has 0 spiro atoms. The molecule has 0 bridgehead atoms. The number of hydrogen-bond acceptors (Lipinski definition) is 2.